The largest absolute Gasteiger partial charge is 0.433 e. The lowest BCUT2D eigenvalue weighted by Crippen LogP contribution is -2.06. The highest BCUT2D eigenvalue weighted by atomic mass is 19.1. The van der Waals surface area contributed by atoms with Crippen molar-refractivity contribution < 1.29 is 18.4 Å². The standard InChI is InChI=1S/C12H10F2N4O3/c1-2-15-11-10(18(19)20)12(17-6-16-11)21-9-4-7(13)3-8(14)5-9/h3-6H,2H2,1H3,(H,15,16,17). The summed E-state index contributed by atoms with van der Waals surface area (Å²) in [6, 6.07) is 2.44. The molecule has 0 radical (unpaired) electrons. The molecule has 0 bridgehead atoms. The van der Waals surface area contributed by atoms with E-state index in [0.29, 0.717) is 12.6 Å². The van der Waals surface area contributed by atoms with Crippen molar-refractivity contribution in [3.05, 3.63) is 46.3 Å². The third-order valence-corrected chi connectivity index (χ3v) is 2.37. The van der Waals surface area contributed by atoms with Crippen molar-refractivity contribution in [3.63, 3.8) is 0 Å². The maximum absolute atomic E-state index is 13.1. The van der Waals surface area contributed by atoms with Crippen molar-refractivity contribution in [2.45, 2.75) is 6.92 Å². The molecule has 1 aromatic carbocycles. The Morgan fingerprint density at radius 2 is 1.95 bits per heavy atom. The molecule has 0 aliphatic heterocycles. The number of hydrogen-bond donors (Lipinski definition) is 1. The second-order valence-electron chi connectivity index (χ2n) is 3.87. The van der Waals surface area contributed by atoms with Crippen molar-refractivity contribution in [2.75, 3.05) is 11.9 Å². The van der Waals surface area contributed by atoms with Crippen LogP contribution in [0.5, 0.6) is 11.6 Å². The topological polar surface area (TPSA) is 90.2 Å². The first-order valence-electron chi connectivity index (χ1n) is 5.88. The van der Waals surface area contributed by atoms with Gasteiger partial charge in [0, 0.05) is 24.7 Å². The van der Waals surface area contributed by atoms with Gasteiger partial charge in [0.15, 0.2) is 0 Å². The lowest BCUT2D eigenvalue weighted by atomic mass is 10.3. The van der Waals surface area contributed by atoms with Gasteiger partial charge in [0.05, 0.1) is 4.92 Å². The summed E-state index contributed by atoms with van der Waals surface area (Å²) < 4.78 is 31.3. The second kappa shape index (κ2) is 6.07. The van der Waals surface area contributed by atoms with Crippen LogP contribution in [0, 0.1) is 21.7 Å². The van der Waals surface area contributed by atoms with Crippen LogP contribution >= 0.6 is 0 Å². The van der Waals surface area contributed by atoms with Crippen molar-refractivity contribution in [1.82, 2.24) is 9.97 Å². The number of halogens is 2. The van der Waals surface area contributed by atoms with Crippen molar-refractivity contribution in [3.8, 4) is 11.6 Å². The fourth-order valence-corrected chi connectivity index (χ4v) is 1.60. The smallest absolute Gasteiger partial charge is 0.373 e. The first-order valence-corrected chi connectivity index (χ1v) is 5.88. The van der Waals surface area contributed by atoms with Crippen molar-refractivity contribution in [1.29, 1.82) is 0 Å². The molecule has 0 saturated carbocycles. The molecule has 0 aliphatic rings. The van der Waals surface area contributed by atoms with Crippen LogP contribution in [-0.2, 0) is 0 Å². The third kappa shape index (κ3) is 3.38. The van der Waals surface area contributed by atoms with Crippen LogP contribution in [0.25, 0.3) is 0 Å². The molecule has 0 aliphatic carbocycles. The summed E-state index contributed by atoms with van der Waals surface area (Å²) in [5.41, 5.74) is -0.510. The highest BCUT2D eigenvalue weighted by Crippen LogP contribution is 2.34. The van der Waals surface area contributed by atoms with Gasteiger partial charge in [-0.1, -0.05) is 0 Å². The molecule has 9 heteroatoms. The summed E-state index contributed by atoms with van der Waals surface area (Å²) >= 11 is 0. The summed E-state index contributed by atoms with van der Waals surface area (Å²) in [4.78, 5) is 17.7. The predicted molar refractivity (Wildman–Crippen MR) is 69.3 cm³/mol. The SMILES string of the molecule is CCNc1ncnc(Oc2cc(F)cc(F)c2)c1[N+](=O)[O-]. The maximum atomic E-state index is 13.1. The molecule has 0 atom stereocenters. The van der Waals surface area contributed by atoms with Crippen LogP contribution in [0.1, 0.15) is 6.92 Å². The Morgan fingerprint density at radius 3 is 2.52 bits per heavy atom. The quantitative estimate of drug-likeness (QED) is 0.674. The number of ether oxygens (including phenoxy) is 1. The van der Waals surface area contributed by atoms with Gasteiger partial charge < -0.3 is 10.1 Å². The monoisotopic (exact) mass is 296 g/mol. The average Bonchev–Trinajstić information content (AvgIpc) is 2.37. The zero-order valence-corrected chi connectivity index (χ0v) is 10.8. The molecular formula is C12H10F2N4O3. The number of rotatable bonds is 5. The number of nitrogens with one attached hydrogen (secondary N) is 1. The van der Waals surface area contributed by atoms with E-state index in [4.69, 9.17) is 4.74 Å². The summed E-state index contributed by atoms with van der Waals surface area (Å²) in [7, 11) is 0. The lowest BCUT2D eigenvalue weighted by molar-refractivity contribution is -0.385. The Labute approximate surface area is 117 Å². The van der Waals surface area contributed by atoms with Gasteiger partial charge in [-0.3, -0.25) is 10.1 Å². The maximum Gasteiger partial charge on any atom is 0.373 e. The van der Waals surface area contributed by atoms with Gasteiger partial charge in [-0.2, -0.15) is 4.98 Å². The molecule has 7 nitrogen and oxygen atoms in total. The van der Waals surface area contributed by atoms with E-state index in [1.807, 2.05) is 0 Å². The zero-order valence-electron chi connectivity index (χ0n) is 10.8. The Bertz CT molecular complexity index is 661. The van der Waals surface area contributed by atoms with Crippen LogP contribution in [0.2, 0.25) is 0 Å². The van der Waals surface area contributed by atoms with Gasteiger partial charge in [0.2, 0.25) is 5.82 Å². The highest BCUT2D eigenvalue weighted by Gasteiger charge is 2.24. The zero-order chi connectivity index (χ0) is 15.4. The number of hydrogen-bond acceptors (Lipinski definition) is 6. The Balaban J connectivity index is 2.43. The Kier molecular flexibility index (Phi) is 4.21. The van der Waals surface area contributed by atoms with Crippen LogP contribution in [0.15, 0.2) is 24.5 Å². The second-order valence-corrected chi connectivity index (χ2v) is 3.87. The molecule has 21 heavy (non-hydrogen) atoms. The summed E-state index contributed by atoms with van der Waals surface area (Å²) in [6.07, 6.45) is 1.05. The number of nitrogens with zero attached hydrogens (tertiary/aromatic N) is 3. The first kappa shape index (κ1) is 14.6. The number of anilines is 1. The van der Waals surface area contributed by atoms with E-state index in [1.54, 1.807) is 6.92 Å². The van der Waals surface area contributed by atoms with Gasteiger partial charge in [-0.05, 0) is 6.92 Å². The van der Waals surface area contributed by atoms with Gasteiger partial charge in [-0.15, -0.1) is 0 Å². The van der Waals surface area contributed by atoms with E-state index in [1.165, 1.54) is 0 Å². The molecule has 0 spiro atoms. The first-order chi connectivity index (χ1) is 10.0. The normalized spacial score (nSPS) is 10.2. The van der Waals surface area contributed by atoms with E-state index < -0.39 is 28.1 Å². The van der Waals surface area contributed by atoms with E-state index in [2.05, 4.69) is 15.3 Å². The fourth-order valence-electron chi connectivity index (χ4n) is 1.60. The Morgan fingerprint density at radius 1 is 1.29 bits per heavy atom. The van der Waals surface area contributed by atoms with E-state index in [9.17, 15) is 18.9 Å². The number of nitro groups is 1. The molecule has 0 saturated heterocycles. The van der Waals surface area contributed by atoms with Crippen LogP contribution in [0.4, 0.5) is 20.3 Å². The minimum absolute atomic E-state index is 0.0376. The average molecular weight is 296 g/mol. The van der Waals surface area contributed by atoms with Gasteiger partial charge in [0.1, 0.15) is 23.7 Å². The van der Waals surface area contributed by atoms with Crippen LogP contribution in [-0.4, -0.2) is 21.4 Å². The van der Waals surface area contributed by atoms with Crippen molar-refractivity contribution >= 4 is 11.5 Å². The minimum Gasteiger partial charge on any atom is -0.433 e. The molecule has 2 rings (SSSR count). The van der Waals surface area contributed by atoms with Crippen LogP contribution < -0.4 is 10.1 Å². The molecule has 0 fully saturated rings. The van der Waals surface area contributed by atoms with Gasteiger partial charge >= 0.3 is 11.6 Å². The molecule has 1 heterocycles. The third-order valence-electron chi connectivity index (χ3n) is 2.37. The molecule has 1 N–H and O–H groups in total. The number of benzene rings is 1. The fraction of sp³-hybridized carbons (Fsp3) is 0.167. The molecule has 1 aromatic heterocycles. The highest BCUT2D eigenvalue weighted by molar-refractivity contribution is 5.61. The molecule has 110 valence electrons. The van der Waals surface area contributed by atoms with E-state index in [-0.39, 0.29) is 11.6 Å². The van der Waals surface area contributed by atoms with Gasteiger partial charge in [-0.25, -0.2) is 13.8 Å². The number of aromatic nitrogens is 2. The summed E-state index contributed by atoms with van der Waals surface area (Å²) in [6.45, 7) is 2.13. The minimum atomic E-state index is -0.867. The lowest BCUT2D eigenvalue weighted by Gasteiger charge is -2.08. The summed E-state index contributed by atoms with van der Waals surface area (Å²) in [5.74, 6) is -2.42. The molecule has 2 aromatic rings. The van der Waals surface area contributed by atoms with Crippen molar-refractivity contribution in [2.24, 2.45) is 0 Å². The summed E-state index contributed by atoms with van der Waals surface area (Å²) in [5, 5.41) is 13.8. The predicted octanol–water partition coefficient (Wildman–Crippen LogP) is 2.89. The van der Waals surface area contributed by atoms with Gasteiger partial charge in [0.25, 0.3) is 0 Å². The molecular weight excluding hydrogens is 286 g/mol. The van der Waals surface area contributed by atoms with E-state index >= 15 is 0 Å². The Hall–Kier alpha value is -2.84. The molecule has 0 amide bonds. The van der Waals surface area contributed by atoms with Crippen LogP contribution in [0.3, 0.4) is 0 Å². The van der Waals surface area contributed by atoms with E-state index in [0.717, 1.165) is 18.5 Å². The molecule has 0 unspecified atom stereocenters.